The molecule has 3 rings (SSSR count). The highest BCUT2D eigenvalue weighted by Gasteiger charge is 2.24. The Kier molecular flexibility index (Phi) is 6.29. The third kappa shape index (κ3) is 4.44. The molecule has 7 heteroatoms. The first-order chi connectivity index (χ1) is 12.6. The Morgan fingerprint density at radius 1 is 1.19 bits per heavy atom. The van der Waals surface area contributed by atoms with Gasteiger partial charge in [0.15, 0.2) is 5.96 Å². The van der Waals surface area contributed by atoms with Crippen molar-refractivity contribution in [3.63, 3.8) is 0 Å². The van der Waals surface area contributed by atoms with Crippen molar-refractivity contribution >= 4 is 11.6 Å². The zero-order valence-electron chi connectivity index (χ0n) is 15.7. The molecular formula is C19H29F2N5. The molecule has 0 aromatic heterocycles. The molecule has 0 radical (unpaired) electrons. The second-order valence-corrected chi connectivity index (χ2v) is 7.05. The minimum Gasteiger partial charge on any atom is -0.366 e. The first-order valence-corrected chi connectivity index (χ1v) is 9.48. The molecular weight excluding hydrogens is 336 g/mol. The summed E-state index contributed by atoms with van der Waals surface area (Å²) in [6, 6.07) is 3.62. The summed E-state index contributed by atoms with van der Waals surface area (Å²) in [4.78, 5) is 11.0. The maximum Gasteiger partial charge on any atom is 0.193 e. The number of likely N-dealkylation sites (tertiary alicyclic amines) is 1. The third-order valence-corrected chi connectivity index (χ3v) is 5.41. The number of benzene rings is 1. The fraction of sp³-hybridized carbons (Fsp3) is 0.632. The first-order valence-electron chi connectivity index (χ1n) is 9.48. The van der Waals surface area contributed by atoms with Crippen LogP contribution in [0.1, 0.15) is 13.3 Å². The lowest BCUT2D eigenvalue weighted by Crippen LogP contribution is -2.53. The van der Waals surface area contributed by atoms with Gasteiger partial charge < -0.3 is 20.0 Å². The van der Waals surface area contributed by atoms with Crippen LogP contribution in [0.25, 0.3) is 0 Å². The van der Waals surface area contributed by atoms with Gasteiger partial charge in [0.05, 0.1) is 5.69 Å². The Hall–Kier alpha value is -1.89. The standard InChI is InChI=1S/C19H29F2N5/c1-3-24-7-6-15(14-24)13-23-19(22-2)26-10-8-25(9-11-26)18-12-16(20)4-5-17(18)21/h4-5,12,15H,3,6-11,13-14H2,1-2H3,(H,22,23). The number of anilines is 1. The summed E-state index contributed by atoms with van der Waals surface area (Å²) in [5, 5.41) is 3.50. The van der Waals surface area contributed by atoms with Crippen LogP contribution in [0.3, 0.4) is 0 Å². The maximum absolute atomic E-state index is 14.0. The van der Waals surface area contributed by atoms with Crippen molar-refractivity contribution in [1.29, 1.82) is 0 Å². The van der Waals surface area contributed by atoms with Gasteiger partial charge in [-0.05, 0) is 37.6 Å². The van der Waals surface area contributed by atoms with E-state index in [1.54, 1.807) is 7.05 Å². The van der Waals surface area contributed by atoms with E-state index in [1.807, 2.05) is 4.90 Å². The zero-order valence-corrected chi connectivity index (χ0v) is 15.7. The Balaban J connectivity index is 1.50. The Bertz CT molecular complexity index is 628. The number of aliphatic imine (C=N–C) groups is 1. The van der Waals surface area contributed by atoms with E-state index < -0.39 is 5.82 Å². The molecule has 2 heterocycles. The average Bonchev–Trinajstić information content (AvgIpc) is 3.13. The fourth-order valence-corrected chi connectivity index (χ4v) is 3.82. The number of rotatable bonds is 4. The second kappa shape index (κ2) is 8.66. The molecule has 26 heavy (non-hydrogen) atoms. The molecule has 2 aliphatic rings. The van der Waals surface area contributed by atoms with E-state index in [1.165, 1.54) is 25.1 Å². The summed E-state index contributed by atoms with van der Waals surface area (Å²) < 4.78 is 27.4. The Labute approximate surface area is 154 Å². The van der Waals surface area contributed by atoms with Crippen molar-refractivity contribution in [3.05, 3.63) is 29.8 Å². The summed E-state index contributed by atoms with van der Waals surface area (Å²) in [5.41, 5.74) is 0.346. The van der Waals surface area contributed by atoms with Gasteiger partial charge in [0, 0.05) is 52.4 Å². The molecule has 1 N–H and O–H groups in total. The van der Waals surface area contributed by atoms with Gasteiger partial charge in [-0.1, -0.05) is 6.92 Å². The van der Waals surface area contributed by atoms with Crippen molar-refractivity contribution in [2.45, 2.75) is 13.3 Å². The normalized spacial score (nSPS) is 22.2. The lowest BCUT2D eigenvalue weighted by molar-refractivity contribution is 0.337. The van der Waals surface area contributed by atoms with Crippen LogP contribution in [0.4, 0.5) is 14.5 Å². The molecule has 0 spiro atoms. The molecule has 0 amide bonds. The molecule has 0 bridgehead atoms. The predicted octanol–water partition coefficient (Wildman–Crippen LogP) is 2.00. The van der Waals surface area contributed by atoms with Crippen LogP contribution < -0.4 is 10.2 Å². The summed E-state index contributed by atoms with van der Waals surface area (Å²) in [6.07, 6.45) is 1.23. The molecule has 2 fully saturated rings. The van der Waals surface area contributed by atoms with Crippen molar-refractivity contribution < 1.29 is 8.78 Å². The van der Waals surface area contributed by atoms with E-state index in [9.17, 15) is 8.78 Å². The number of nitrogens with zero attached hydrogens (tertiary/aromatic N) is 4. The number of halogens is 2. The van der Waals surface area contributed by atoms with Crippen LogP contribution in [-0.2, 0) is 0 Å². The predicted molar refractivity (Wildman–Crippen MR) is 102 cm³/mol. The highest BCUT2D eigenvalue weighted by molar-refractivity contribution is 5.80. The smallest absolute Gasteiger partial charge is 0.193 e. The van der Waals surface area contributed by atoms with E-state index in [0.29, 0.717) is 24.7 Å². The van der Waals surface area contributed by atoms with Crippen molar-refractivity contribution in [2.24, 2.45) is 10.9 Å². The SMILES string of the molecule is CCN1CCC(CNC(=NC)N2CCN(c3cc(F)ccc3F)CC2)C1. The van der Waals surface area contributed by atoms with E-state index >= 15 is 0 Å². The number of nitrogens with one attached hydrogen (secondary N) is 1. The highest BCUT2D eigenvalue weighted by Crippen LogP contribution is 2.22. The van der Waals surface area contributed by atoms with Gasteiger partial charge in [-0.3, -0.25) is 4.99 Å². The molecule has 2 aliphatic heterocycles. The molecule has 144 valence electrons. The van der Waals surface area contributed by atoms with Gasteiger partial charge in [-0.15, -0.1) is 0 Å². The summed E-state index contributed by atoms with van der Waals surface area (Å²) in [6.45, 7) is 9.35. The molecule has 1 atom stereocenters. The lowest BCUT2D eigenvalue weighted by Gasteiger charge is -2.38. The van der Waals surface area contributed by atoms with Gasteiger partial charge >= 0.3 is 0 Å². The van der Waals surface area contributed by atoms with Gasteiger partial charge in [-0.2, -0.15) is 0 Å². The van der Waals surface area contributed by atoms with E-state index in [2.05, 4.69) is 27.0 Å². The van der Waals surface area contributed by atoms with E-state index in [4.69, 9.17) is 0 Å². The fourth-order valence-electron chi connectivity index (χ4n) is 3.82. The molecule has 0 aliphatic carbocycles. The van der Waals surface area contributed by atoms with Crippen LogP contribution in [0, 0.1) is 17.6 Å². The lowest BCUT2D eigenvalue weighted by atomic mass is 10.1. The summed E-state index contributed by atoms with van der Waals surface area (Å²) in [5.74, 6) is 0.789. The second-order valence-electron chi connectivity index (χ2n) is 7.05. The average molecular weight is 365 g/mol. The van der Waals surface area contributed by atoms with Crippen molar-refractivity contribution in [2.75, 3.05) is 64.3 Å². The highest BCUT2D eigenvalue weighted by atomic mass is 19.1. The summed E-state index contributed by atoms with van der Waals surface area (Å²) >= 11 is 0. The van der Waals surface area contributed by atoms with Gasteiger partial charge in [0.1, 0.15) is 11.6 Å². The number of guanidine groups is 1. The first kappa shape index (κ1) is 18.9. The van der Waals surface area contributed by atoms with Gasteiger partial charge in [-0.25, -0.2) is 8.78 Å². The Morgan fingerprint density at radius 3 is 2.62 bits per heavy atom. The Morgan fingerprint density at radius 2 is 1.96 bits per heavy atom. The molecule has 1 unspecified atom stereocenters. The van der Waals surface area contributed by atoms with Gasteiger partial charge in [0.25, 0.3) is 0 Å². The van der Waals surface area contributed by atoms with Crippen LogP contribution in [0.15, 0.2) is 23.2 Å². The zero-order chi connectivity index (χ0) is 18.5. The third-order valence-electron chi connectivity index (χ3n) is 5.41. The van der Waals surface area contributed by atoms with Crippen LogP contribution >= 0.6 is 0 Å². The molecule has 1 aromatic carbocycles. The van der Waals surface area contributed by atoms with Crippen molar-refractivity contribution in [1.82, 2.24) is 15.1 Å². The van der Waals surface area contributed by atoms with Crippen LogP contribution in [0.5, 0.6) is 0 Å². The van der Waals surface area contributed by atoms with E-state index in [0.717, 1.165) is 44.7 Å². The monoisotopic (exact) mass is 365 g/mol. The molecule has 2 saturated heterocycles. The minimum absolute atomic E-state index is 0.346. The van der Waals surface area contributed by atoms with Gasteiger partial charge in [0.2, 0.25) is 0 Å². The molecule has 0 saturated carbocycles. The van der Waals surface area contributed by atoms with E-state index in [-0.39, 0.29) is 5.82 Å². The topological polar surface area (TPSA) is 34.1 Å². The number of hydrogen-bond donors (Lipinski definition) is 1. The molecule has 5 nitrogen and oxygen atoms in total. The maximum atomic E-state index is 14.0. The van der Waals surface area contributed by atoms with Crippen LogP contribution in [-0.4, -0.2) is 75.2 Å². The number of hydrogen-bond acceptors (Lipinski definition) is 3. The quantitative estimate of drug-likeness (QED) is 0.654. The molecule has 1 aromatic rings. The number of piperazine rings is 1. The van der Waals surface area contributed by atoms with Crippen molar-refractivity contribution in [3.8, 4) is 0 Å². The minimum atomic E-state index is -0.404. The summed E-state index contributed by atoms with van der Waals surface area (Å²) in [7, 11) is 1.80. The largest absolute Gasteiger partial charge is 0.366 e. The van der Waals surface area contributed by atoms with Crippen LogP contribution in [0.2, 0.25) is 0 Å².